The van der Waals surface area contributed by atoms with Gasteiger partial charge in [-0.1, -0.05) is 73.7 Å². The Morgan fingerprint density at radius 3 is 2.24 bits per heavy atom. The molecule has 0 aromatic heterocycles. The Labute approximate surface area is 147 Å². The summed E-state index contributed by atoms with van der Waals surface area (Å²) in [7, 11) is 0. The van der Waals surface area contributed by atoms with Crippen LogP contribution >= 0.6 is 0 Å². The average molecular weight is 334 g/mol. The lowest BCUT2D eigenvalue weighted by Gasteiger charge is -2.12. The first-order valence-electron chi connectivity index (χ1n) is 8.39. The van der Waals surface area contributed by atoms with E-state index in [1.165, 1.54) is 17.7 Å². The Bertz CT molecular complexity index is 849. The van der Waals surface area contributed by atoms with Gasteiger partial charge in [0.05, 0.1) is 0 Å². The molecule has 3 aromatic carbocycles. The first kappa shape index (κ1) is 17.1. The van der Waals surface area contributed by atoms with Gasteiger partial charge in [0.1, 0.15) is 11.6 Å². The third kappa shape index (κ3) is 4.63. The lowest BCUT2D eigenvalue weighted by molar-refractivity contribution is 0.620. The Hall–Kier alpha value is -2.74. The molecule has 0 aliphatic rings. The molecule has 0 aliphatic heterocycles. The van der Waals surface area contributed by atoms with E-state index in [1.54, 1.807) is 36.4 Å². The predicted octanol–water partition coefficient (Wildman–Crippen LogP) is 6.48. The minimum atomic E-state index is -0.278. The van der Waals surface area contributed by atoms with Gasteiger partial charge in [0, 0.05) is 5.56 Å². The van der Waals surface area contributed by atoms with E-state index in [-0.39, 0.29) is 11.6 Å². The van der Waals surface area contributed by atoms with Gasteiger partial charge < -0.3 is 0 Å². The van der Waals surface area contributed by atoms with Gasteiger partial charge in [-0.2, -0.15) is 0 Å². The SMILES string of the molecule is C[C@@H](Cc1ccc(C=Cc2ccc(F)cc2)c(F)c1)c1ccccc1. The van der Waals surface area contributed by atoms with E-state index in [4.69, 9.17) is 0 Å². The molecule has 0 aliphatic carbocycles. The van der Waals surface area contributed by atoms with Crippen molar-refractivity contribution in [3.63, 3.8) is 0 Å². The summed E-state index contributed by atoms with van der Waals surface area (Å²) in [6, 6.07) is 21.7. The second kappa shape index (κ2) is 7.89. The number of benzene rings is 3. The Balaban J connectivity index is 1.71. The van der Waals surface area contributed by atoms with Gasteiger partial charge in [-0.05, 0) is 47.2 Å². The summed E-state index contributed by atoms with van der Waals surface area (Å²) in [6.07, 6.45) is 4.29. The molecule has 0 saturated carbocycles. The van der Waals surface area contributed by atoms with Gasteiger partial charge in [-0.25, -0.2) is 8.78 Å². The molecule has 2 heteroatoms. The fourth-order valence-corrected chi connectivity index (χ4v) is 2.85. The highest BCUT2D eigenvalue weighted by Gasteiger charge is 2.08. The highest BCUT2D eigenvalue weighted by Crippen LogP contribution is 2.22. The monoisotopic (exact) mass is 334 g/mol. The van der Waals surface area contributed by atoms with Gasteiger partial charge in [0.25, 0.3) is 0 Å². The molecule has 3 aromatic rings. The Kier molecular flexibility index (Phi) is 5.39. The van der Waals surface area contributed by atoms with Crippen molar-refractivity contribution in [3.8, 4) is 0 Å². The standard InChI is InChI=1S/C23H20F2/c1-17(20-5-3-2-4-6-20)15-19-8-12-21(23(25)16-19)11-7-18-9-13-22(24)14-10-18/h2-14,16-17H,15H2,1H3/t17-/m0/s1. The molecular formula is C23H20F2. The molecule has 0 N–H and O–H groups in total. The van der Waals surface area contributed by atoms with Crippen molar-refractivity contribution in [2.75, 3.05) is 0 Å². The van der Waals surface area contributed by atoms with Gasteiger partial charge in [-0.3, -0.25) is 0 Å². The first-order valence-corrected chi connectivity index (χ1v) is 8.39. The van der Waals surface area contributed by atoms with Crippen LogP contribution in [0, 0.1) is 11.6 Å². The van der Waals surface area contributed by atoms with E-state index in [0.717, 1.165) is 17.5 Å². The van der Waals surface area contributed by atoms with Crippen molar-refractivity contribution in [1.29, 1.82) is 0 Å². The molecule has 0 spiro atoms. The van der Waals surface area contributed by atoms with Crippen LogP contribution in [0.25, 0.3) is 12.2 Å². The molecule has 1 atom stereocenters. The van der Waals surface area contributed by atoms with E-state index < -0.39 is 0 Å². The molecule has 0 nitrogen and oxygen atoms in total. The fraction of sp³-hybridized carbons (Fsp3) is 0.130. The van der Waals surface area contributed by atoms with Crippen LogP contribution in [0.2, 0.25) is 0 Å². The van der Waals surface area contributed by atoms with Crippen LogP contribution in [0.5, 0.6) is 0 Å². The highest BCUT2D eigenvalue weighted by molar-refractivity contribution is 5.69. The summed E-state index contributed by atoms with van der Waals surface area (Å²) in [5.41, 5.74) is 3.60. The molecule has 0 fully saturated rings. The summed E-state index contributed by atoms with van der Waals surface area (Å²) in [5.74, 6) is -0.183. The lowest BCUT2D eigenvalue weighted by atomic mass is 9.93. The normalized spacial score (nSPS) is 12.4. The molecule has 25 heavy (non-hydrogen) atoms. The van der Waals surface area contributed by atoms with Crippen molar-refractivity contribution in [1.82, 2.24) is 0 Å². The van der Waals surface area contributed by atoms with Crippen molar-refractivity contribution >= 4 is 12.2 Å². The summed E-state index contributed by atoms with van der Waals surface area (Å²) >= 11 is 0. The predicted molar refractivity (Wildman–Crippen MR) is 100 cm³/mol. The van der Waals surface area contributed by atoms with Crippen LogP contribution in [0.15, 0.2) is 72.8 Å². The maximum Gasteiger partial charge on any atom is 0.130 e. The maximum absolute atomic E-state index is 14.4. The van der Waals surface area contributed by atoms with Crippen molar-refractivity contribution in [2.45, 2.75) is 19.3 Å². The van der Waals surface area contributed by atoms with Gasteiger partial charge in [-0.15, -0.1) is 0 Å². The highest BCUT2D eigenvalue weighted by atomic mass is 19.1. The summed E-state index contributed by atoms with van der Waals surface area (Å²) in [6.45, 7) is 2.15. The van der Waals surface area contributed by atoms with E-state index in [0.29, 0.717) is 11.5 Å². The van der Waals surface area contributed by atoms with Crippen LogP contribution in [0.4, 0.5) is 8.78 Å². The summed E-state index contributed by atoms with van der Waals surface area (Å²) in [5, 5.41) is 0. The molecule has 0 saturated heterocycles. The zero-order valence-electron chi connectivity index (χ0n) is 14.1. The molecule has 0 radical (unpaired) electrons. The van der Waals surface area contributed by atoms with Crippen LogP contribution in [0.1, 0.15) is 35.1 Å². The average Bonchev–Trinajstić information content (AvgIpc) is 2.63. The van der Waals surface area contributed by atoms with E-state index in [9.17, 15) is 8.78 Å². The minimum Gasteiger partial charge on any atom is -0.207 e. The molecule has 3 rings (SSSR count). The van der Waals surface area contributed by atoms with Crippen LogP contribution < -0.4 is 0 Å². The van der Waals surface area contributed by atoms with Gasteiger partial charge >= 0.3 is 0 Å². The van der Waals surface area contributed by atoms with E-state index in [2.05, 4.69) is 19.1 Å². The smallest absolute Gasteiger partial charge is 0.130 e. The number of hydrogen-bond donors (Lipinski definition) is 0. The number of rotatable bonds is 5. The maximum atomic E-state index is 14.4. The van der Waals surface area contributed by atoms with Crippen molar-refractivity contribution in [3.05, 3.63) is 107 Å². The van der Waals surface area contributed by atoms with Gasteiger partial charge in [0.2, 0.25) is 0 Å². The zero-order chi connectivity index (χ0) is 17.6. The molecule has 0 bridgehead atoms. The molecule has 126 valence electrons. The molecule has 0 heterocycles. The fourth-order valence-electron chi connectivity index (χ4n) is 2.85. The minimum absolute atomic E-state index is 0.240. The lowest BCUT2D eigenvalue weighted by Crippen LogP contribution is -1.99. The third-order valence-electron chi connectivity index (χ3n) is 4.30. The van der Waals surface area contributed by atoms with Crippen molar-refractivity contribution in [2.24, 2.45) is 0 Å². The number of halogens is 2. The van der Waals surface area contributed by atoms with Crippen LogP contribution in [0.3, 0.4) is 0 Å². The Morgan fingerprint density at radius 1 is 0.840 bits per heavy atom. The van der Waals surface area contributed by atoms with Crippen molar-refractivity contribution < 1.29 is 8.78 Å². The summed E-state index contributed by atoms with van der Waals surface area (Å²) in [4.78, 5) is 0. The molecular weight excluding hydrogens is 314 g/mol. The second-order valence-electron chi connectivity index (χ2n) is 6.26. The number of hydrogen-bond acceptors (Lipinski definition) is 0. The Morgan fingerprint density at radius 2 is 1.56 bits per heavy atom. The van der Waals surface area contributed by atoms with E-state index in [1.807, 2.05) is 24.3 Å². The molecule has 0 unspecified atom stereocenters. The van der Waals surface area contributed by atoms with Crippen LogP contribution in [-0.4, -0.2) is 0 Å². The quantitative estimate of drug-likeness (QED) is 0.468. The summed E-state index contributed by atoms with van der Waals surface area (Å²) < 4.78 is 27.3. The second-order valence-corrected chi connectivity index (χ2v) is 6.26. The largest absolute Gasteiger partial charge is 0.207 e. The zero-order valence-corrected chi connectivity index (χ0v) is 14.1. The van der Waals surface area contributed by atoms with E-state index >= 15 is 0 Å². The van der Waals surface area contributed by atoms with Gasteiger partial charge in [0.15, 0.2) is 0 Å². The topological polar surface area (TPSA) is 0 Å². The molecule has 0 amide bonds. The third-order valence-corrected chi connectivity index (χ3v) is 4.30. The first-order chi connectivity index (χ1) is 12.1. The van der Waals surface area contributed by atoms with Crippen LogP contribution in [-0.2, 0) is 6.42 Å².